The van der Waals surface area contributed by atoms with Gasteiger partial charge >= 0.3 is 5.97 Å². The van der Waals surface area contributed by atoms with E-state index in [1.807, 2.05) is 13.8 Å². The maximum Gasteiger partial charge on any atom is 0.309 e. The van der Waals surface area contributed by atoms with E-state index < -0.39 is 76.8 Å². The van der Waals surface area contributed by atoms with Gasteiger partial charge in [-0.25, -0.2) is 0 Å². The van der Waals surface area contributed by atoms with Gasteiger partial charge < -0.3 is 54.3 Å². The minimum absolute atomic E-state index is 0.207. The van der Waals surface area contributed by atoms with Crippen molar-refractivity contribution < 1.29 is 59.1 Å². The molecule has 7 fully saturated rings. The van der Waals surface area contributed by atoms with Crippen molar-refractivity contribution >= 4 is 5.97 Å². The highest BCUT2D eigenvalue weighted by Crippen LogP contribution is 2.69. The Morgan fingerprint density at radius 2 is 1.53 bits per heavy atom. The molecule has 4 aliphatic carbocycles. The van der Waals surface area contributed by atoms with Crippen LogP contribution in [0.5, 0.6) is 0 Å². The largest absolute Gasteiger partial charge is 0.465 e. The van der Waals surface area contributed by atoms with Crippen LogP contribution in [0.15, 0.2) is 0 Å². The number of carbonyl (C=O) groups excluding carboxylic acids is 1. The molecule has 0 aromatic carbocycles. The lowest BCUT2D eigenvalue weighted by Crippen LogP contribution is -2.77. The first-order chi connectivity index (χ1) is 20.2. The fourth-order valence-electron chi connectivity index (χ4n) is 10.7. The minimum Gasteiger partial charge on any atom is -0.465 e. The maximum absolute atomic E-state index is 12.6. The maximum atomic E-state index is 12.6. The predicted octanol–water partition coefficient (Wildman–Crippen LogP) is 0.117. The summed E-state index contributed by atoms with van der Waals surface area (Å²) in [6, 6.07) is 0. The van der Waals surface area contributed by atoms with Crippen LogP contribution in [0.1, 0.15) is 78.6 Å². The SMILES string of the molecule is C[C@H]1O[C@H](OC2C[C@H]3OC(C)(C)OC[C@]34C3CC[C@]5(O)[C@H](C6CCOC6=O)CC[C@]5(O)C3CC[C@]4(O)C2)[C@@H](O)[C@@H](O)[C@@H]1O. The summed E-state index contributed by atoms with van der Waals surface area (Å²) < 4.78 is 30.1. The zero-order chi connectivity index (χ0) is 30.7. The van der Waals surface area contributed by atoms with Crippen molar-refractivity contribution in [1.29, 1.82) is 0 Å². The van der Waals surface area contributed by atoms with Crippen LogP contribution in [0.2, 0.25) is 0 Å². The third-order valence-corrected chi connectivity index (χ3v) is 12.8. The van der Waals surface area contributed by atoms with E-state index in [0.29, 0.717) is 58.0 Å². The van der Waals surface area contributed by atoms with Gasteiger partial charge in [-0.3, -0.25) is 4.79 Å². The summed E-state index contributed by atoms with van der Waals surface area (Å²) in [5.41, 5.74) is -5.03. The summed E-state index contributed by atoms with van der Waals surface area (Å²) in [6.07, 6.45) is -3.57. The Morgan fingerprint density at radius 3 is 2.23 bits per heavy atom. The highest BCUT2D eigenvalue weighted by molar-refractivity contribution is 5.74. The second kappa shape index (κ2) is 10.0. The first kappa shape index (κ1) is 30.7. The lowest BCUT2D eigenvalue weighted by atomic mass is 9.42. The monoisotopic (exact) mass is 612 g/mol. The molecule has 43 heavy (non-hydrogen) atoms. The third-order valence-electron chi connectivity index (χ3n) is 12.8. The number of hydrogen-bond donors (Lipinski definition) is 6. The third kappa shape index (κ3) is 4.21. The highest BCUT2D eigenvalue weighted by Gasteiger charge is 2.76. The van der Waals surface area contributed by atoms with Crippen LogP contribution in [0, 0.1) is 29.1 Å². The second-order valence-electron chi connectivity index (χ2n) is 15.1. The molecule has 0 amide bonds. The van der Waals surface area contributed by atoms with Gasteiger partial charge in [-0.15, -0.1) is 0 Å². The topological polar surface area (TPSA) is 185 Å². The van der Waals surface area contributed by atoms with E-state index in [2.05, 4.69) is 0 Å². The molecule has 4 unspecified atom stereocenters. The van der Waals surface area contributed by atoms with E-state index in [1.54, 1.807) is 6.92 Å². The molecule has 0 radical (unpaired) electrons. The molecular formula is C31H48O12. The Morgan fingerprint density at radius 1 is 0.860 bits per heavy atom. The summed E-state index contributed by atoms with van der Waals surface area (Å²) in [4.78, 5) is 12.5. The van der Waals surface area contributed by atoms with Crippen LogP contribution < -0.4 is 0 Å². The Balaban J connectivity index is 1.19. The molecule has 0 aromatic heterocycles. The lowest BCUT2D eigenvalue weighted by molar-refractivity contribution is -0.403. The smallest absolute Gasteiger partial charge is 0.309 e. The van der Waals surface area contributed by atoms with Gasteiger partial charge in [0.1, 0.15) is 18.3 Å². The van der Waals surface area contributed by atoms with E-state index in [0.717, 1.165) is 0 Å². The van der Waals surface area contributed by atoms with Crippen LogP contribution in [0.3, 0.4) is 0 Å². The van der Waals surface area contributed by atoms with Gasteiger partial charge in [-0.05, 0) is 77.6 Å². The molecule has 15 atom stereocenters. The Bertz CT molecular complexity index is 1120. The van der Waals surface area contributed by atoms with E-state index in [1.165, 1.54) is 0 Å². The standard InChI is InChI=1S/C31H48O12/c1-15-22(32)23(33)24(34)26(41-15)42-16-12-21-29(14-40-27(2,3)43-21)19-6-10-30(37)18(17-7-11-39-25(17)35)5-9-31(30,38)20(19)4-8-28(29,36)13-16/h15-24,26,32-34,36-38H,4-14H2,1-3H3/t15-,16?,17?,18+,19?,20?,21-,22-,23+,24+,26-,28+,29+,30+,31+/m1/s1. The zero-order valence-electron chi connectivity index (χ0n) is 25.3. The van der Waals surface area contributed by atoms with Crippen LogP contribution in [0.25, 0.3) is 0 Å². The Labute approximate surface area is 251 Å². The number of hydrogen-bond acceptors (Lipinski definition) is 12. The van der Waals surface area contributed by atoms with Crippen LogP contribution >= 0.6 is 0 Å². The van der Waals surface area contributed by atoms with Crippen molar-refractivity contribution in [2.45, 2.75) is 144 Å². The number of esters is 1. The van der Waals surface area contributed by atoms with Crippen molar-refractivity contribution in [2.24, 2.45) is 29.1 Å². The number of ether oxygens (including phenoxy) is 5. The molecule has 0 aromatic rings. The first-order valence-electron chi connectivity index (χ1n) is 16.2. The number of rotatable bonds is 3. The molecule has 7 rings (SSSR count). The summed E-state index contributed by atoms with van der Waals surface area (Å²) >= 11 is 0. The van der Waals surface area contributed by atoms with Gasteiger partial charge in [0.15, 0.2) is 12.1 Å². The molecule has 3 heterocycles. The van der Waals surface area contributed by atoms with E-state index in [4.69, 9.17) is 23.7 Å². The van der Waals surface area contributed by atoms with Gasteiger partial charge in [-0.1, -0.05) is 0 Å². The average Bonchev–Trinajstić information content (AvgIpc) is 3.48. The molecule has 12 heteroatoms. The van der Waals surface area contributed by atoms with Crippen molar-refractivity contribution in [2.75, 3.05) is 13.2 Å². The summed E-state index contributed by atoms with van der Waals surface area (Å²) in [5.74, 6) is -2.57. The molecule has 4 saturated carbocycles. The number of fused-ring (bicyclic) bond motifs is 3. The molecule has 7 aliphatic rings. The van der Waals surface area contributed by atoms with Gasteiger partial charge in [0.05, 0.1) is 59.7 Å². The Kier molecular flexibility index (Phi) is 7.17. The van der Waals surface area contributed by atoms with Gasteiger partial charge in [0.25, 0.3) is 0 Å². The van der Waals surface area contributed by atoms with Gasteiger partial charge in [0, 0.05) is 18.8 Å². The number of cyclic esters (lactones) is 1. The summed E-state index contributed by atoms with van der Waals surface area (Å²) in [7, 11) is 0. The fraction of sp³-hybridized carbons (Fsp3) is 0.968. The normalized spacial score (nSPS) is 57.7. The van der Waals surface area contributed by atoms with E-state index >= 15 is 0 Å². The van der Waals surface area contributed by atoms with Crippen LogP contribution in [0.4, 0.5) is 0 Å². The molecule has 1 spiro atoms. The number of carbonyl (C=O) groups is 1. The first-order valence-corrected chi connectivity index (χ1v) is 16.2. The fourth-order valence-corrected chi connectivity index (χ4v) is 10.7. The number of aliphatic hydroxyl groups is 6. The minimum atomic E-state index is -1.46. The second-order valence-corrected chi connectivity index (χ2v) is 15.1. The average molecular weight is 613 g/mol. The zero-order valence-corrected chi connectivity index (χ0v) is 25.3. The number of aliphatic hydroxyl groups excluding tert-OH is 3. The highest BCUT2D eigenvalue weighted by atomic mass is 16.7. The van der Waals surface area contributed by atoms with Crippen molar-refractivity contribution in [1.82, 2.24) is 0 Å². The van der Waals surface area contributed by atoms with Crippen LogP contribution in [-0.4, -0.2) is 115 Å². The molecule has 0 bridgehead atoms. The van der Waals surface area contributed by atoms with Crippen molar-refractivity contribution in [3.8, 4) is 0 Å². The van der Waals surface area contributed by atoms with Crippen molar-refractivity contribution in [3.05, 3.63) is 0 Å². The van der Waals surface area contributed by atoms with Crippen LogP contribution in [-0.2, 0) is 28.5 Å². The molecular weight excluding hydrogens is 564 g/mol. The van der Waals surface area contributed by atoms with Crippen molar-refractivity contribution in [3.63, 3.8) is 0 Å². The molecule has 244 valence electrons. The molecule has 12 nitrogen and oxygen atoms in total. The van der Waals surface area contributed by atoms with Gasteiger partial charge in [-0.2, -0.15) is 0 Å². The van der Waals surface area contributed by atoms with E-state index in [9.17, 15) is 35.4 Å². The Hall–Kier alpha value is -0.930. The molecule has 6 N–H and O–H groups in total. The van der Waals surface area contributed by atoms with E-state index in [-0.39, 0.29) is 36.8 Å². The summed E-state index contributed by atoms with van der Waals surface area (Å²) in [5, 5.41) is 68.4. The molecule has 3 saturated heterocycles. The predicted molar refractivity (Wildman–Crippen MR) is 146 cm³/mol. The summed E-state index contributed by atoms with van der Waals surface area (Å²) in [6.45, 7) is 5.80. The van der Waals surface area contributed by atoms with Gasteiger partial charge in [0.2, 0.25) is 0 Å². The lowest BCUT2D eigenvalue weighted by Gasteiger charge is -2.69. The quantitative estimate of drug-likeness (QED) is 0.187. The molecule has 3 aliphatic heterocycles.